The topological polar surface area (TPSA) is 46.5 Å². The van der Waals surface area contributed by atoms with E-state index < -0.39 is 11.4 Å². The van der Waals surface area contributed by atoms with E-state index in [1.807, 2.05) is 0 Å². The van der Waals surface area contributed by atoms with Crippen molar-refractivity contribution in [2.75, 3.05) is 11.9 Å². The van der Waals surface area contributed by atoms with Gasteiger partial charge in [0.1, 0.15) is 0 Å². The average Bonchev–Trinajstić information content (AvgIpc) is 1.66. The van der Waals surface area contributed by atoms with Crippen LogP contribution in [0.3, 0.4) is 0 Å². The van der Waals surface area contributed by atoms with Gasteiger partial charge in [0, 0.05) is 5.33 Å². The van der Waals surface area contributed by atoms with E-state index in [4.69, 9.17) is 4.55 Å². The van der Waals surface area contributed by atoms with Crippen LogP contribution in [0.2, 0.25) is 0 Å². The molecule has 1 unspecified atom stereocenters. The van der Waals surface area contributed by atoms with Crippen molar-refractivity contribution in [3.05, 3.63) is 0 Å². The molecule has 0 rings (SSSR count). The minimum Gasteiger partial charge on any atom is -0.284 e. The molecule has 8 heavy (non-hydrogen) atoms. The maximum absolute atomic E-state index is 9.75. The maximum Gasteiger partial charge on any atom is 0.301 e. The molecule has 0 spiro atoms. The van der Waals surface area contributed by atoms with Crippen molar-refractivity contribution in [1.82, 2.24) is 0 Å². The third kappa shape index (κ3) is 6.55. The summed E-state index contributed by atoms with van der Waals surface area (Å²) in [6.45, 7) is 0.328. The van der Waals surface area contributed by atoms with Gasteiger partial charge < -0.3 is 0 Å². The summed E-state index contributed by atoms with van der Waals surface area (Å²) in [6, 6.07) is 0. The second kappa shape index (κ2) is 5.68. The zero-order chi connectivity index (χ0) is 6.41. The van der Waals surface area contributed by atoms with Crippen LogP contribution in [0, 0.1) is 0 Å². The van der Waals surface area contributed by atoms with Gasteiger partial charge in [-0.3, -0.25) is 8.74 Å². The normalized spacial score (nSPS) is 13.8. The van der Waals surface area contributed by atoms with E-state index in [1.54, 1.807) is 0 Å². The Balaban J connectivity index is 2.82. The van der Waals surface area contributed by atoms with Gasteiger partial charge in [-0.15, -0.1) is 0 Å². The van der Waals surface area contributed by atoms with Gasteiger partial charge in [-0.2, -0.15) is 4.21 Å². The highest BCUT2D eigenvalue weighted by molar-refractivity contribution is 9.09. The minimum atomic E-state index is -2.09. The molecule has 5 heteroatoms. The Hall–Kier alpha value is 0.550. The number of rotatable bonds is 4. The summed E-state index contributed by atoms with van der Waals surface area (Å²) < 4.78 is 22.0. The van der Waals surface area contributed by atoms with Crippen LogP contribution in [0.5, 0.6) is 0 Å². The minimum absolute atomic E-state index is 0.328. The van der Waals surface area contributed by atoms with Crippen LogP contribution in [0.25, 0.3) is 0 Å². The number of hydrogen-bond acceptors (Lipinski definition) is 2. The van der Waals surface area contributed by atoms with Crippen molar-refractivity contribution in [1.29, 1.82) is 0 Å². The molecule has 0 radical (unpaired) electrons. The lowest BCUT2D eigenvalue weighted by Gasteiger charge is -1.92. The number of hydrogen-bond donors (Lipinski definition) is 1. The largest absolute Gasteiger partial charge is 0.301 e. The molecule has 0 aliphatic rings. The van der Waals surface area contributed by atoms with Gasteiger partial charge in [-0.1, -0.05) is 15.9 Å². The Labute approximate surface area is 59.0 Å². The van der Waals surface area contributed by atoms with Gasteiger partial charge in [0.05, 0.1) is 6.61 Å². The summed E-state index contributed by atoms with van der Waals surface area (Å²) in [5.41, 5.74) is 0. The van der Waals surface area contributed by atoms with Crippen LogP contribution in [-0.2, 0) is 15.5 Å². The standard InChI is InChI=1S/C3H7BrO3S/c4-2-1-3-7-8(5)6/h1-3H2,(H,5,6). The van der Waals surface area contributed by atoms with Crippen molar-refractivity contribution in [3.8, 4) is 0 Å². The SMILES string of the molecule is O=S(O)OCCCBr. The highest BCUT2D eigenvalue weighted by Crippen LogP contribution is 1.89. The molecule has 0 aromatic carbocycles. The number of alkyl halides is 1. The fourth-order valence-electron chi connectivity index (χ4n) is 0.185. The van der Waals surface area contributed by atoms with Crippen molar-refractivity contribution >= 4 is 27.3 Å². The molecule has 0 aliphatic carbocycles. The fourth-order valence-corrected chi connectivity index (χ4v) is 0.674. The lowest BCUT2D eigenvalue weighted by molar-refractivity contribution is 0.308. The summed E-state index contributed by atoms with van der Waals surface area (Å²) in [4.78, 5) is 0. The summed E-state index contributed by atoms with van der Waals surface area (Å²) >= 11 is 1.05. The van der Waals surface area contributed by atoms with Gasteiger partial charge in [0.25, 0.3) is 0 Å². The first kappa shape index (κ1) is 8.55. The molecule has 0 aromatic rings. The Morgan fingerprint density at radius 3 is 2.75 bits per heavy atom. The Kier molecular flexibility index (Phi) is 6.07. The summed E-state index contributed by atoms with van der Waals surface area (Å²) in [7, 11) is 0. The quantitative estimate of drug-likeness (QED) is 0.420. The monoisotopic (exact) mass is 202 g/mol. The third-order valence-electron chi connectivity index (χ3n) is 0.462. The van der Waals surface area contributed by atoms with Crippen molar-refractivity contribution in [2.24, 2.45) is 0 Å². The Morgan fingerprint density at radius 2 is 2.38 bits per heavy atom. The average molecular weight is 203 g/mol. The van der Waals surface area contributed by atoms with Crippen molar-refractivity contribution in [2.45, 2.75) is 6.42 Å². The lowest BCUT2D eigenvalue weighted by atomic mass is 10.5. The molecule has 0 heterocycles. The van der Waals surface area contributed by atoms with Gasteiger partial charge in [0.2, 0.25) is 0 Å². The molecular formula is C3H7BrO3S. The summed E-state index contributed by atoms with van der Waals surface area (Å²) in [5.74, 6) is 0. The van der Waals surface area contributed by atoms with Gasteiger partial charge in [0.15, 0.2) is 0 Å². The van der Waals surface area contributed by atoms with Crippen LogP contribution in [0.4, 0.5) is 0 Å². The molecule has 0 fully saturated rings. The van der Waals surface area contributed by atoms with Crippen molar-refractivity contribution in [3.63, 3.8) is 0 Å². The first-order chi connectivity index (χ1) is 3.77. The predicted molar refractivity (Wildman–Crippen MR) is 35.1 cm³/mol. The second-order valence-corrected chi connectivity index (χ2v) is 2.54. The Morgan fingerprint density at radius 1 is 1.75 bits per heavy atom. The highest BCUT2D eigenvalue weighted by Gasteiger charge is 1.89. The van der Waals surface area contributed by atoms with E-state index in [-0.39, 0.29) is 0 Å². The third-order valence-corrected chi connectivity index (χ3v) is 1.39. The lowest BCUT2D eigenvalue weighted by Crippen LogP contribution is -1.96. The molecule has 0 saturated heterocycles. The second-order valence-electron chi connectivity index (χ2n) is 1.08. The zero-order valence-corrected chi connectivity index (χ0v) is 6.57. The molecule has 1 atom stereocenters. The molecule has 0 amide bonds. The van der Waals surface area contributed by atoms with E-state index >= 15 is 0 Å². The van der Waals surface area contributed by atoms with E-state index in [1.165, 1.54) is 0 Å². The Bertz CT molecular complexity index is 76.9. The smallest absolute Gasteiger partial charge is 0.284 e. The summed E-state index contributed by atoms with van der Waals surface area (Å²) in [5, 5.41) is 0.796. The molecule has 0 aromatic heterocycles. The van der Waals surface area contributed by atoms with E-state index in [0.717, 1.165) is 11.8 Å². The predicted octanol–water partition coefficient (Wildman–Crippen LogP) is 0.925. The van der Waals surface area contributed by atoms with Crippen molar-refractivity contribution < 1.29 is 12.9 Å². The fraction of sp³-hybridized carbons (Fsp3) is 1.00. The van der Waals surface area contributed by atoms with Gasteiger partial charge in [-0.25, -0.2) is 0 Å². The molecular weight excluding hydrogens is 196 g/mol. The van der Waals surface area contributed by atoms with E-state index in [0.29, 0.717) is 6.61 Å². The summed E-state index contributed by atoms with van der Waals surface area (Å²) in [6.07, 6.45) is 0.756. The molecule has 0 aliphatic heterocycles. The zero-order valence-electron chi connectivity index (χ0n) is 4.17. The maximum atomic E-state index is 9.75. The van der Waals surface area contributed by atoms with Crippen LogP contribution >= 0.6 is 15.9 Å². The van der Waals surface area contributed by atoms with E-state index in [9.17, 15) is 4.21 Å². The molecule has 50 valence electrons. The first-order valence-electron chi connectivity index (χ1n) is 2.07. The van der Waals surface area contributed by atoms with E-state index in [2.05, 4.69) is 20.1 Å². The number of halogens is 1. The van der Waals surface area contributed by atoms with Gasteiger partial charge >= 0.3 is 11.4 Å². The van der Waals surface area contributed by atoms with Crippen LogP contribution in [0.15, 0.2) is 0 Å². The molecule has 0 bridgehead atoms. The molecule has 3 nitrogen and oxygen atoms in total. The first-order valence-corrected chi connectivity index (χ1v) is 4.23. The highest BCUT2D eigenvalue weighted by atomic mass is 79.9. The van der Waals surface area contributed by atoms with Crippen LogP contribution < -0.4 is 0 Å². The molecule has 1 N–H and O–H groups in total. The van der Waals surface area contributed by atoms with Crippen LogP contribution in [-0.4, -0.2) is 20.7 Å². The van der Waals surface area contributed by atoms with Gasteiger partial charge in [-0.05, 0) is 6.42 Å². The van der Waals surface area contributed by atoms with Crippen LogP contribution in [0.1, 0.15) is 6.42 Å². The molecule has 0 saturated carbocycles.